The number of morpholine rings is 1. The van der Waals surface area contributed by atoms with Crippen LogP contribution in [0.2, 0.25) is 0 Å². The molecule has 1 heterocycles. The molecule has 1 aliphatic heterocycles. The van der Waals surface area contributed by atoms with Gasteiger partial charge in [-0.25, -0.2) is 4.79 Å². The summed E-state index contributed by atoms with van der Waals surface area (Å²) < 4.78 is 10.7. The Morgan fingerprint density at radius 3 is 2.28 bits per heavy atom. The van der Waals surface area contributed by atoms with E-state index in [-0.39, 0.29) is 5.91 Å². The molecule has 1 fully saturated rings. The predicted octanol–water partition coefficient (Wildman–Crippen LogP) is 3.59. The Balaban J connectivity index is 1.63. The van der Waals surface area contributed by atoms with E-state index in [4.69, 9.17) is 9.47 Å². The van der Waals surface area contributed by atoms with Gasteiger partial charge in [-0.15, -0.1) is 0 Å². The Kier molecular flexibility index (Phi) is 8.25. The number of amides is 2. The molecular weight excluding hydrogens is 406 g/mol. The minimum absolute atomic E-state index is 0.291. The van der Waals surface area contributed by atoms with Crippen LogP contribution in [0, 0.1) is 0 Å². The second kappa shape index (κ2) is 11.1. The maximum atomic E-state index is 13.0. The third-order valence-corrected chi connectivity index (χ3v) is 5.02. The highest BCUT2D eigenvalue weighted by molar-refractivity contribution is 5.96. The van der Waals surface area contributed by atoms with E-state index >= 15 is 0 Å². The van der Waals surface area contributed by atoms with Crippen LogP contribution in [-0.4, -0.2) is 54.8 Å². The molecule has 1 saturated heterocycles. The zero-order valence-electron chi connectivity index (χ0n) is 19.1. The Bertz CT molecular complexity index is 872. The van der Waals surface area contributed by atoms with Crippen LogP contribution in [0.25, 0.3) is 0 Å². The molecule has 1 unspecified atom stereocenters. The highest BCUT2D eigenvalue weighted by Crippen LogP contribution is 2.14. The number of anilines is 1. The number of nitrogens with one attached hydrogen (secondary N) is 2. The lowest BCUT2D eigenvalue weighted by atomic mass is 10.1. The zero-order chi connectivity index (χ0) is 23.0. The van der Waals surface area contributed by atoms with Crippen LogP contribution < -0.4 is 10.6 Å². The van der Waals surface area contributed by atoms with E-state index < -0.39 is 17.7 Å². The summed E-state index contributed by atoms with van der Waals surface area (Å²) in [5.41, 5.74) is 2.17. The van der Waals surface area contributed by atoms with Gasteiger partial charge in [0.25, 0.3) is 0 Å². The highest BCUT2D eigenvalue weighted by atomic mass is 16.6. The topological polar surface area (TPSA) is 79.9 Å². The molecule has 1 aliphatic rings. The van der Waals surface area contributed by atoms with Crippen molar-refractivity contribution in [3.63, 3.8) is 0 Å². The molecule has 172 valence electrons. The van der Waals surface area contributed by atoms with Gasteiger partial charge < -0.3 is 20.1 Å². The summed E-state index contributed by atoms with van der Waals surface area (Å²) in [6, 6.07) is 16.6. The van der Waals surface area contributed by atoms with E-state index in [0.717, 1.165) is 38.4 Å². The molecule has 2 aromatic carbocycles. The number of nitrogens with zero attached hydrogens (tertiary/aromatic N) is 1. The number of alkyl carbamates (subject to hydrolysis) is 1. The van der Waals surface area contributed by atoms with Crippen molar-refractivity contribution in [1.29, 1.82) is 0 Å². The van der Waals surface area contributed by atoms with Gasteiger partial charge in [0.15, 0.2) is 0 Å². The summed E-state index contributed by atoms with van der Waals surface area (Å²) in [5, 5.41) is 5.63. The number of hydrogen-bond acceptors (Lipinski definition) is 5. The second-order valence-electron chi connectivity index (χ2n) is 8.96. The molecule has 0 aliphatic carbocycles. The maximum absolute atomic E-state index is 13.0. The summed E-state index contributed by atoms with van der Waals surface area (Å²) in [6.45, 7) is 9.61. The molecule has 0 bridgehead atoms. The quantitative estimate of drug-likeness (QED) is 0.689. The number of benzene rings is 2. The van der Waals surface area contributed by atoms with Crippen LogP contribution in [0.3, 0.4) is 0 Å². The van der Waals surface area contributed by atoms with Crippen LogP contribution in [-0.2, 0) is 27.2 Å². The van der Waals surface area contributed by atoms with Gasteiger partial charge in [0.05, 0.1) is 13.2 Å². The molecule has 7 heteroatoms. The first-order valence-electron chi connectivity index (χ1n) is 11.0. The van der Waals surface area contributed by atoms with E-state index in [1.54, 1.807) is 20.8 Å². The Morgan fingerprint density at radius 1 is 1.00 bits per heavy atom. The third kappa shape index (κ3) is 7.98. The van der Waals surface area contributed by atoms with Crippen molar-refractivity contribution in [2.24, 2.45) is 0 Å². The molecule has 0 radical (unpaired) electrons. The Morgan fingerprint density at radius 2 is 1.66 bits per heavy atom. The smallest absolute Gasteiger partial charge is 0.408 e. The molecule has 1 atom stereocenters. The molecule has 32 heavy (non-hydrogen) atoms. The van der Waals surface area contributed by atoms with Crippen molar-refractivity contribution in [3.8, 4) is 0 Å². The first-order valence-corrected chi connectivity index (χ1v) is 11.0. The molecule has 2 aromatic rings. The summed E-state index contributed by atoms with van der Waals surface area (Å²) in [7, 11) is 0. The van der Waals surface area contributed by atoms with Gasteiger partial charge in [0.1, 0.15) is 11.6 Å². The first kappa shape index (κ1) is 23.8. The lowest BCUT2D eigenvalue weighted by Gasteiger charge is -2.26. The highest BCUT2D eigenvalue weighted by Gasteiger charge is 2.25. The monoisotopic (exact) mass is 439 g/mol. The maximum Gasteiger partial charge on any atom is 0.408 e. The molecule has 7 nitrogen and oxygen atoms in total. The van der Waals surface area contributed by atoms with Crippen molar-refractivity contribution in [2.75, 3.05) is 31.6 Å². The largest absolute Gasteiger partial charge is 0.444 e. The zero-order valence-corrected chi connectivity index (χ0v) is 19.1. The average Bonchev–Trinajstić information content (AvgIpc) is 2.75. The summed E-state index contributed by atoms with van der Waals surface area (Å²) in [5.74, 6) is -0.291. The van der Waals surface area contributed by atoms with E-state index in [2.05, 4.69) is 15.5 Å². The molecule has 3 rings (SSSR count). The SMILES string of the molecule is CC(C)(C)OC(=O)NC(Cc1ccccc1)C(=O)Nc1ccc(CN2CCOCC2)cc1. The van der Waals surface area contributed by atoms with Crippen LogP contribution in [0.1, 0.15) is 31.9 Å². The lowest BCUT2D eigenvalue weighted by Crippen LogP contribution is -2.47. The third-order valence-electron chi connectivity index (χ3n) is 5.02. The van der Waals surface area contributed by atoms with Crippen LogP contribution in [0.4, 0.5) is 10.5 Å². The van der Waals surface area contributed by atoms with Crippen molar-refractivity contribution in [1.82, 2.24) is 10.2 Å². The fourth-order valence-corrected chi connectivity index (χ4v) is 3.45. The van der Waals surface area contributed by atoms with Gasteiger partial charge in [-0.3, -0.25) is 9.69 Å². The second-order valence-corrected chi connectivity index (χ2v) is 8.96. The number of rotatable bonds is 7. The van der Waals surface area contributed by atoms with Crippen molar-refractivity contribution in [3.05, 3.63) is 65.7 Å². The molecule has 2 N–H and O–H groups in total. The normalized spacial score (nSPS) is 15.6. The molecule has 0 aromatic heterocycles. The van der Waals surface area contributed by atoms with E-state index in [1.165, 1.54) is 5.56 Å². The van der Waals surface area contributed by atoms with E-state index in [9.17, 15) is 9.59 Å². The minimum atomic E-state index is -0.764. The molecular formula is C25H33N3O4. The number of ether oxygens (including phenoxy) is 2. The van der Waals surface area contributed by atoms with Crippen molar-refractivity contribution >= 4 is 17.7 Å². The van der Waals surface area contributed by atoms with Gasteiger partial charge in [-0.2, -0.15) is 0 Å². The predicted molar refractivity (Wildman–Crippen MR) is 124 cm³/mol. The number of hydrogen-bond donors (Lipinski definition) is 2. The number of carbonyl (C=O) groups excluding carboxylic acids is 2. The van der Waals surface area contributed by atoms with Crippen LogP contribution >= 0.6 is 0 Å². The van der Waals surface area contributed by atoms with Gasteiger partial charge in [-0.05, 0) is 44.0 Å². The van der Waals surface area contributed by atoms with Crippen LogP contribution in [0.5, 0.6) is 0 Å². The average molecular weight is 440 g/mol. The van der Waals surface area contributed by atoms with Crippen LogP contribution in [0.15, 0.2) is 54.6 Å². The molecule has 2 amide bonds. The van der Waals surface area contributed by atoms with Gasteiger partial charge in [0.2, 0.25) is 5.91 Å². The summed E-state index contributed by atoms with van der Waals surface area (Å²) >= 11 is 0. The van der Waals surface area contributed by atoms with Crippen molar-refractivity contribution < 1.29 is 19.1 Å². The fourth-order valence-electron chi connectivity index (χ4n) is 3.45. The van der Waals surface area contributed by atoms with Gasteiger partial charge in [0, 0.05) is 31.7 Å². The number of carbonyl (C=O) groups is 2. The van der Waals surface area contributed by atoms with E-state index in [0.29, 0.717) is 12.1 Å². The molecule has 0 spiro atoms. The first-order chi connectivity index (χ1) is 15.3. The summed E-state index contributed by atoms with van der Waals surface area (Å²) in [6.07, 6.45) is -0.254. The Labute approximate surface area is 190 Å². The fraction of sp³-hybridized carbons (Fsp3) is 0.440. The summed E-state index contributed by atoms with van der Waals surface area (Å²) in [4.78, 5) is 27.7. The molecule has 0 saturated carbocycles. The lowest BCUT2D eigenvalue weighted by molar-refractivity contribution is -0.118. The van der Waals surface area contributed by atoms with Gasteiger partial charge in [-0.1, -0.05) is 42.5 Å². The minimum Gasteiger partial charge on any atom is -0.444 e. The standard InChI is InChI=1S/C25H33N3O4/c1-25(2,3)32-24(30)27-22(17-19-7-5-4-6-8-19)23(29)26-21-11-9-20(10-12-21)18-28-13-15-31-16-14-28/h4-12,22H,13-18H2,1-3H3,(H,26,29)(H,27,30). The Hall–Kier alpha value is -2.90. The van der Waals surface area contributed by atoms with E-state index in [1.807, 2.05) is 54.6 Å². The van der Waals surface area contributed by atoms with Gasteiger partial charge >= 0.3 is 6.09 Å². The van der Waals surface area contributed by atoms with Crippen molar-refractivity contribution in [2.45, 2.75) is 45.4 Å².